The van der Waals surface area contributed by atoms with Gasteiger partial charge < -0.3 is 15.0 Å². The van der Waals surface area contributed by atoms with E-state index in [2.05, 4.69) is 25.0 Å². The van der Waals surface area contributed by atoms with Crippen molar-refractivity contribution in [3.8, 4) is 0 Å². The number of anilines is 2. The lowest BCUT2D eigenvalue weighted by molar-refractivity contribution is -0.163. The van der Waals surface area contributed by atoms with Crippen molar-refractivity contribution in [2.24, 2.45) is 5.92 Å². The molecule has 5 nitrogen and oxygen atoms in total. The van der Waals surface area contributed by atoms with Crippen LogP contribution in [0.3, 0.4) is 0 Å². The zero-order valence-corrected chi connectivity index (χ0v) is 17.7. The highest BCUT2D eigenvalue weighted by molar-refractivity contribution is 8.01. The van der Waals surface area contributed by atoms with Crippen LogP contribution >= 0.6 is 11.9 Å². The third-order valence-electron chi connectivity index (χ3n) is 5.40. The molecule has 0 radical (unpaired) electrons. The molecule has 0 fully saturated rings. The van der Waals surface area contributed by atoms with Crippen LogP contribution in [0.5, 0.6) is 0 Å². The Morgan fingerprint density at radius 3 is 2.66 bits per heavy atom. The van der Waals surface area contributed by atoms with Crippen molar-refractivity contribution in [2.45, 2.75) is 30.7 Å². The maximum Gasteiger partial charge on any atom is 0.395 e. The number of nitrogens with zero attached hydrogens (tertiary/aromatic N) is 2. The van der Waals surface area contributed by atoms with Crippen LogP contribution in [0.2, 0.25) is 0 Å². The van der Waals surface area contributed by atoms with E-state index in [4.69, 9.17) is 0 Å². The van der Waals surface area contributed by atoms with Gasteiger partial charge in [-0.15, -0.1) is 0 Å². The van der Waals surface area contributed by atoms with Crippen molar-refractivity contribution in [1.82, 2.24) is 15.0 Å². The average Bonchev–Trinajstić information content (AvgIpc) is 3.19. The third kappa shape index (κ3) is 4.52. The van der Waals surface area contributed by atoms with E-state index in [0.717, 1.165) is 18.0 Å². The number of aromatic nitrogens is 3. The lowest BCUT2D eigenvalue weighted by Gasteiger charge is -2.24. The quantitative estimate of drug-likeness (QED) is 0.241. The molecule has 2 unspecified atom stereocenters. The summed E-state index contributed by atoms with van der Waals surface area (Å²) >= 11 is 1.11. The maximum absolute atomic E-state index is 15.1. The van der Waals surface area contributed by atoms with Gasteiger partial charge in [0.1, 0.15) is 23.6 Å². The van der Waals surface area contributed by atoms with E-state index in [1.165, 1.54) is 24.5 Å². The first-order valence-electron chi connectivity index (χ1n) is 9.90. The number of aromatic amines is 1. The Labute approximate surface area is 185 Å². The van der Waals surface area contributed by atoms with Gasteiger partial charge >= 0.3 is 6.18 Å². The van der Waals surface area contributed by atoms with E-state index in [9.17, 15) is 17.6 Å². The van der Waals surface area contributed by atoms with Gasteiger partial charge in [0, 0.05) is 30.5 Å². The van der Waals surface area contributed by atoms with E-state index in [1.807, 2.05) is 0 Å². The highest BCUT2D eigenvalue weighted by atomic mass is 32.2. The molecule has 0 spiro atoms. The highest BCUT2D eigenvalue weighted by Crippen LogP contribution is 2.37. The minimum absolute atomic E-state index is 0.0209. The molecule has 0 bridgehead atoms. The molecule has 11 heteroatoms. The minimum Gasteiger partial charge on any atom is -0.372 e. The number of fused-ring (bicyclic) bond motifs is 1. The molecule has 2 heterocycles. The number of H-pyrrole nitrogens is 1. The Morgan fingerprint density at radius 1 is 1.16 bits per heavy atom. The fourth-order valence-corrected chi connectivity index (χ4v) is 4.55. The number of hydrogen-bond acceptors (Lipinski definition) is 5. The summed E-state index contributed by atoms with van der Waals surface area (Å²) in [6.45, 7) is 0. The summed E-state index contributed by atoms with van der Waals surface area (Å²) in [4.78, 5) is 11.2. The van der Waals surface area contributed by atoms with Crippen LogP contribution in [-0.4, -0.2) is 33.4 Å². The van der Waals surface area contributed by atoms with Crippen LogP contribution in [0.4, 0.5) is 33.5 Å². The van der Waals surface area contributed by atoms with E-state index in [0.29, 0.717) is 28.8 Å². The molecule has 2 aromatic heterocycles. The van der Waals surface area contributed by atoms with Crippen LogP contribution in [0.25, 0.3) is 11.0 Å². The van der Waals surface area contributed by atoms with Crippen molar-refractivity contribution in [3.05, 3.63) is 59.6 Å². The monoisotopic (exact) mass is 469 g/mol. The van der Waals surface area contributed by atoms with Crippen molar-refractivity contribution in [2.75, 3.05) is 17.1 Å². The van der Waals surface area contributed by atoms with Gasteiger partial charge in [-0.2, -0.15) is 13.2 Å². The van der Waals surface area contributed by atoms with Gasteiger partial charge in [0.2, 0.25) is 0 Å². The van der Waals surface area contributed by atoms with Gasteiger partial charge in [-0.05, 0) is 42.5 Å². The summed E-state index contributed by atoms with van der Waals surface area (Å²) in [6.07, 6.45) is 1.64. The molecule has 0 amide bonds. The van der Waals surface area contributed by atoms with E-state index < -0.39 is 23.7 Å². The molecule has 3 aromatic rings. The number of benzene rings is 1. The highest BCUT2D eigenvalue weighted by Gasteiger charge is 2.39. The molecule has 1 aromatic carbocycles. The molecule has 170 valence electrons. The van der Waals surface area contributed by atoms with Crippen LogP contribution < -0.4 is 10.0 Å². The SMILES string of the molecule is CNc1ncnc2[nH]cc(Cc3c(F)ccc(NSC4C=CC(C(F)(F)F)CC4)c3F)c12. The summed E-state index contributed by atoms with van der Waals surface area (Å²) in [7, 11) is 1.69. The topological polar surface area (TPSA) is 65.6 Å². The number of hydrogen-bond donors (Lipinski definition) is 3. The predicted molar refractivity (Wildman–Crippen MR) is 116 cm³/mol. The maximum atomic E-state index is 15.1. The van der Waals surface area contributed by atoms with Gasteiger partial charge in [-0.1, -0.05) is 12.2 Å². The molecule has 4 rings (SSSR count). The molecule has 3 N–H and O–H groups in total. The van der Waals surface area contributed by atoms with Crippen LogP contribution in [0.15, 0.2) is 36.8 Å². The van der Waals surface area contributed by atoms with E-state index in [1.54, 1.807) is 13.2 Å². The molecule has 0 saturated heterocycles. The molecule has 32 heavy (non-hydrogen) atoms. The lowest BCUT2D eigenvalue weighted by atomic mass is 9.95. The second-order valence-electron chi connectivity index (χ2n) is 7.44. The van der Waals surface area contributed by atoms with Crippen molar-refractivity contribution >= 4 is 34.5 Å². The Hall–Kier alpha value is -2.82. The molecular formula is C21H20F5N5S. The average molecular weight is 469 g/mol. The third-order valence-corrected chi connectivity index (χ3v) is 6.44. The molecular weight excluding hydrogens is 449 g/mol. The molecule has 0 saturated carbocycles. The first-order chi connectivity index (χ1) is 15.3. The van der Waals surface area contributed by atoms with Crippen molar-refractivity contribution < 1.29 is 22.0 Å². The van der Waals surface area contributed by atoms with Gasteiger partial charge in [0.25, 0.3) is 0 Å². The molecule has 2 atom stereocenters. The molecule has 0 aliphatic heterocycles. The summed E-state index contributed by atoms with van der Waals surface area (Å²) in [5.74, 6) is -2.35. The summed E-state index contributed by atoms with van der Waals surface area (Å²) in [6, 6.07) is 2.45. The molecule has 1 aliphatic rings. The Morgan fingerprint density at radius 2 is 1.97 bits per heavy atom. The standard InChI is InChI=1S/C21H20F5N5S/c1-27-19-17-11(9-28-20(17)30-10-29-19)8-14-15(22)6-7-16(18(14)23)31-32-13-4-2-12(3-5-13)21(24,25)26/h2,4,6-7,9-10,12-13,31H,3,5,8H2,1H3,(H2,27,28,29,30). The Bertz CT molecular complexity index is 1140. The van der Waals surface area contributed by atoms with Gasteiger partial charge in [-0.3, -0.25) is 0 Å². The summed E-state index contributed by atoms with van der Waals surface area (Å²) in [5.41, 5.74) is 1.12. The van der Waals surface area contributed by atoms with Crippen molar-refractivity contribution in [3.63, 3.8) is 0 Å². The number of nitrogens with one attached hydrogen (secondary N) is 3. The first kappa shape index (κ1) is 22.4. The van der Waals surface area contributed by atoms with Gasteiger partial charge in [0.15, 0.2) is 5.82 Å². The van der Waals surface area contributed by atoms with E-state index in [-0.39, 0.29) is 29.3 Å². The zero-order valence-electron chi connectivity index (χ0n) is 16.9. The number of allylic oxidation sites excluding steroid dienone is 1. The van der Waals surface area contributed by atoms with Gasteiger partial charge in [-0.25, -0.2) is 18.7 Å². The Kier molecular flexibility index (Phi) is 6.27. The largest absolute Gasteiger partial charge is 0.395 e. The number of alkyl halides is 3. The number of halogens is 5. The van der Waals surface area contributed by atoms with E-state index >= 15 is 4.39 Å². The fraction of sp³-hybridized carbons (Fsp3) is 0.333. The normalized spacial score (nSPS) is 18.8. The smallest absolute Gasteiger partial charge is 0.372 e. The summed E-state index contributed by atoms with van der Waals surface area (Å²) < 4.78 is 70.8. The van der Waals surface area contributed by atoms with Gasteiger partial charge in [0.05, 0.1) is 17.0 Å². The van der Waals surface area contributed by atoms with Crippen LogP contribution in [-0.2, 0) is 6.42 Å². The van der Waals surface area contributed by atoms with Crippen LogP contribution in [0.1, 0.15) is 24.0 Å². The molecule has 1 aliphatic carbocycles. The fourth-order valence-electron chi connectivity index (χ4n) is 3.69. The second kappa shape index (κ2) is 8.97. The Balaban J connectivity index is 1.52. The predicted octanol–water partition coefficient (Wildman–Crippen LogP) is 5.83. The lowest BCUT2D eigenvalue weighted by Crippen LogP contribution is -2.25. The van der Waals surface area contributed by atoms with Crippen LogP contribution in [0, 0.1) is 17.6 Å². The zero-order chi connectivity index (χ0) is 22.9. The number of rotatable bonds is 6. The second-order valence-corrected chi connectivity index (χ2v) is 8.49. The minimum atomic E-state index is -4.25. The first-order valence-corrected chi connectivity index (χ1v) is 10.8. The summed E-state index contributed by atoms with van der Waals surface area (Å²) in [5, 5.41) is 3.34. The van der Waals surface area contributed by atoms with Crippen molar-refractivity contribution in [1.29, 1.82) is 0 Å².